The van der Waals surface area contributed by atoms with Gasteiger partial charge < -0.3 is 19.1 Å². The van der Waals surface area contributed by atoms with Crippen LogP contribution in [0.25, 0.3) is 0 Å². The second-order valence-electron chi connectivity index (χ2n) is 6.14. The zero-order valence-electron chi connectivity index (χ0n) is 15.0. The van der Waals surface area contributed by atoms with E-state index in [-0.39, 0.29) is 18.4 Å². The molecule has 0 saturated heterocycles. The first kappa shape index (κ1) is 18.2. The minimum absolute atomic E-state index is 0.124. The molecule has 0 spiro atoms. The maximum Gasteiger partial charge on any atom is 0.256 e. The monoisotopic (exact) mass is 332 g/mol. The minimum atomic E-state index is -0.675. The summed E-state index contributed by atoms with van der Waals surface area (Å²) in [5.41, 5.74) is 3.06. The lowest BCUT2D eigenvalue weighted by Gasteiger charge is -2.25. The van der Waals surface area contributed by atoms with Crippen molar-refractivity contribution in [1.82, 2.24) is 4.90 Å². The van der Waals surface area contributed by atoms with Crippen molar-refractivity contribution in [1.29, 1.82) is 5.26 Å². The Balaban J connectivity index is 2.63. The highest BCUT2D eigenvalue weighted by atomic mass is 16.7. The van der Waals surface area contributed by atoms with Crippen molar-refractivity contribution in [2.24, 2.45) is 0 Å². The molecular weight excluding hydrogens is 308 g/mol. The predicted molar refractivity (Wildman–Crippen MR) is 89.0 cm³/mol. The molecule has 1 heterocycles. The maximum atomic E-state index is 13.0. The average Bonchev–Trinajstić information content (AvgIpc) is 2.84. The van der Waals surface area contributed by atoms with Crippen LogP contribution in [-0.4, -0.2) is 45.0 Å². The zero-order chi connectivity index (χ0) is 18.0. The summed E-state index contributed by atoms with van der Waals surface area (Å²) < 4.78 is 15.9. The molecule has 0 bridgehead atoms. The molecule has 1 aliphatic rings. The van der Waals surface area contributed by atoms with Crippen LogP contribution in [0.15, 0.2) is 6.07 Å². The van der Waals surface area contributed by atoms with Crippen molar-refractivity contribution in [3.05, 3.63) is 28.3 Å². The number of benzene rings is 1. The lowest BCUT2D eigenvalue weighted by molar-refractivity contribution is -0.113. The van der Waals surface area contributed by atoms with E-state index in [0.29, 0.717) is 11.3 Å². The molecule has 1 aromatic carbocycles. The summed E-state index contributed by atoms with van der Waals surface area (Å²) in [6.07, 6.45) is -0.580. The Morgan fingerprint density at radius 1 is 1.29 bits per heavy atom. The van der Waals surface area contributed by atoms with Gasteiger partial charge in [-0.1, -0.05) is 13.8 Å². The molecule has 6 heteroatoms. The van der Waals surface area contributed by atoms with E-state index in [9.17, 15) is 10.1 Å². The third kappa shape index (κ3) is 2.85. The third-order valence-corrected chi connectivity index (χ3v) is 4.42. The van der Waals surface area contributed by atoms with E-state index >= 15 is 0 Å². The molecule has 6 nitrogen and oxygen atoms in total. The highest BCUT2D eigenvalue weighted by Crippen LogP contribution is 2.44. The molecule has 1 amide bonds. The summed E-state index contributed by atoms with van der Waals surface area (Å²) in [4.78, 5) is 14.5. The van der Waals surface area contributed by atoms with Gasteiger partial charge in [0.25, 0.3) is 5.91 Å². The van der Waals surface area contributed by atoms with E-state index < -0.39 is 12.3 Å². The lowest BCUT2D eigenvalue weighted by atomic mass is 9.88. The fourth-order valence-electron chi connectivity index (χ4n) is 3.30. The van der Waals surface area contributed by atoms with E-state index in [1.165, 1.54) is 19.1 Å². The molecule has 0 N–H and O–H groups in total. The Hall–Kier alpha value is -2.10. The molecule has 1 unspecified atom stereocenters. The van der Waals surface area contributed by atoms with Crippen molar-refractivity contribution < 1.29 is 19.0 Å². The standard InChI is InChI=1S/C18H24N2O4/c1-10(2)15-13(22-4)7-11(3)16-17(15)12(8-19)20(18(16)21)9-14(23-5)24-6/h7,10,12,14H,9H2,1-6H3. The summed E-state index contributed by atoms with van der Waals surface area (Å²) in [6.45, 7) is 6.12. The van der Waals surface area contributed by atoms with E-state index in [2.05, 4.69) is 6.07 Å². The van der Waals surface area contributed by atoms with Gasteiger partial charge in [-0.05, 0) is 24.5 Å². The quantitative estimate of drug-likeness (QED) is 0.749. The number of nitrogens with zero attached hydrogens (tertiary/aromatic N) is 2. The number of methoxy groups -OCH3 is 3. The zero-order valence-corrected chi connectivity index (χ0v) is 15.0. The predicted octanol–water partition coefficient (Wildman–Crippen LogP) is 2.77. The van der Waals surface area contributed by atoms with Gasteiger partial charge in [0.2, 0.25) is 0 Å². The van der Waals surface area contributed by atoms with Crippen molar-refractivity contribution >= 4 is 5.91 Å². The normalized spacial score (nSPS) is 16.7. The molecule has 0 aromatic heterocycles. The Labute approximate surface area is 142 Å². The molecule has 130 valence electrons. The van der Waals surface area contributed by atoms with Gasteiger partial charge in [0.05, 0.1) is 19.7 Å². The van der Waals surface area contributed by atoms with Crippen LogP contribution in [-0.2, 0) is 9.47 Å². The third-order valence-electron chi connectivity index (χ3n) is 4.42. The summed E-state index contributed by atoms with van der Waals surface area (Å²) in [7, 11) is 4.63. The van der Waals surface area contributed by atoms with Crippen LogP contribution in [0.3, 0.4) is 0 Å². The molecule has 24 heavy (non-hydrogen) atoms. The molecule has 1 aromatic rings. The van der Waals surface area contributed by atoms with E-state index in [1.54, 1.807) is 7.11 Å². The van der Waals surface area contributed by atoms with Crippen LogP contribution < -0.4 is 4.74 Å². The van der Waals surface area contributed by atoms with Crippen LogP contribution >= 0.6 is 0 Å². The molecule has 2 rings (SSSR count). The van der Waals surface area contributed by atoms with Crippen molar-refractivity contribution in [3.8, 4) is 11.8 Å². The molecule has 1 aliphatic heterocycles. The first-order valence-corrected chi connectivity index (χ1v) is 7.88. The van der Waals surface area contributed by atoms with Gasteiger partial charge in [-0.3, -0.25) is 4.79 Å². The Bertz CT molecular complexity index is 675. The van der Waals surface area contributed by atoms with Crippen molar-refractivity contribution in [2.75, 3.05) is 27.9 Å². The van der Waals surface area contributed by atoms with E-state index in [1.807, 2.05) is 26.8 Å². The van der Waals surface area contributed by atoms with Gasteiger partial charge in [-0.15, -0.1) is 0 Å². The number of fused-ring (bicyclic) bond motifs is 1. The van der Waals surface area contributed by atoms with E-state index in [4.69, 9.17) is 14.2 Å². The van der Waals surface area contributed by atoms with Crippen LogP contribution in [0, 0.1) is 18.3 Å². The number of amides is 1. The van der Waals surface area contributed by atoms with Gasteiger partial charge in [-0.2, -0.15) is 5.26 Å². The highest BCUT2D eigenvalue weighted by Gasteiger charge is 2.42. The second-order valence-corrected chi connectivity index (χ2v) is 6.14. The molecule has 0 fully saturated rings. The van der Waals surface area contributed by atoms with Crippen molar-refractivity contribution in [2.45, 2.75) is 39.0 Å². The number of nitriles is 1. The summed E-state index contributed by atoms with van der Waals surface area (Å²) in [6, 6.07) is 3.46. The molecular formula is C18H24N2O4. The molecule has 1 atom stereocenters. The van der Waals surface area contributed by atoms with Crippen molar-refractivity contribution in [3.63, 3.8) is 0 Å². The lowest BCUT2D eigenvalue weighted by Crippen LogP contribution is -2.37. The Kier molecular flexibility index (Phi) is 5.47. The number of ether oxygens (including phenoxy) is 3. The largest absolute Gasteiger partial charge is 0.496 e. The number of carbonyl (C=O) groups is 1. The first-order valence-electron chi connectivity index (χ1n) is 7.88. The maximum absolute atomic E-state index is 13.0. The number of hydrogen-bond donors (Lipinski definition) is 0. The summed E-state index contributed by atoms with van der Waals surface area (Å²) >= 11 is 0. The van der Waals surface area contributed by atoms with Gasteiger partial charge in [0.1, 0.15) is 11.8 Å². The SMILES string of the molecule is COc1cc(C)c2c(c1C(C)C)C(C#N)N(CC(OC)OC)C2=O. The van der Waals surface area contributed by atoms with Crippen LogP contribution in [0.5, 0.6) is 5.75 Å². The van der Waals surface area contributed by atoms with Gasteiger partial charge >= 0.3 is 0 Å². The van der Waals surface area contributed by atoms with Gasteiger partial charge in [-0.25, -0.2) is 0 Å². The van der Waals surface area contributed by atoms with Crippen LogP contribution in [0.4, 0.5) is 0 Å². The molecule has 0 aliphatic carbocycles. The average molecular weight is 332 g/mol. The Morgan fingerprint density at radius 2 is 1.92 bits per heavy atom. The fourth-order valence-corrected chi connectivity index (χ4v) is 3.30. The topological polar surface area (TPSA) is 71.8 Å². The smallest absolute Gasteiger partial charge is 0.256 e. The fraction of sp³-hybridized carbons (Fsp3) is 0.556. The summed E-state index contributed by atoms with van der Waals surface area (Å²) in [5.74, 6) is 0.669. The molecule has 0 saturated carbocycles. The van der Waals surface area contributed by atoms with Crippen LogP contribution in [0.2, 0.25) is 0 Å². The highest BCUT2D eigenvalue weighted by molar-refractivity contribution is 6.02. The van der Waals surface area contributed by atoms with Gasteiger partial charge in [0, 0.05) is 30.9 Å². The number of carbonyl (C=O) groups excluding carboxylic acids is 1. The number of rotatable bonds is 6. The first-order chi connectivity index (χ1) is 11.4. The number of hydrogen-bond acceptors (Lipinski definition) is 5. The summed E-state index contributed by atoms with van der Waals surface area (Å²) in [5, 5.41) is 9.75. The second kappa shape index (κ2) is 7.20. The van der Waals surface area contributed by atoms with E-state index in [0.717, 1.165) is 16.7 Å². The number of aryl methyl sites for hydroxylation is 1. The minimum Gasteiger partial charge on any atom is -0.496 e. The van der Waals surface area contributed by atoms with Crippen LogP contribution in [0.1, 0.15) is 52.9 Å². The Morgan fingerprint density at radius 3 is 2.38 bits per heavy atom. The van der Waals surface area contributed by atoms with Gasteiger partial charge in [0.15, 0.2) is 6.29 Å². The molecule has 0 radical (unpaired) electrons.